The van der Waals surface area contributed by atoms with E-state index in [4.69, 9.17) is 5.73 Å². The lowest BCUT2D eigenvalue weighted by Gasteiger charge is -2.15. The SMILES string of the molecule is CCc1ccsc1C(=O)N1CC(C)C(N)C1. The van der Waals surface area contributed by atoms with Crippen LogP contribution in [0.3, 0.4) is 0 Å². The number of nitrogens with zero attached hydrogens (tertiary/aromatic N) is 1. The van der Waals surface area contributed by atoms with Crippen LogP contribution < -0.4 is 5.73 Å². The minimum atomic E-state index is 0.133. The van der Waals surface area contributed by atoms with Crippen molar-refractivity contribution in [1.82, 2.24) is 4.90 Å². The van der Waals surface area contributed by atoms with Gasteiger partial charge >= 0.3 is 0 Å². The maximum Gasteiger partial charge on any atom is 0.264 e. The molecule has 3 nitrogen and oxygen atoms in total. The van der Waals surface area contributed by atoms with Crippen molar-refractivity contribution < 1.29 is 4.79 Å². The molecule has 2 heterocycles. The Labute approximate surface area is 100 Å². The van der Waals surface area contributed by atoms with Crippen molar-refractivity contribution in [2.24, 2.45) is 11.7 Å². The molecule has 0 saturated carbocycles. The monoisotopic (exact) mass is 238 g/mol. The van der Waals surface area contributed by atoms with E-state index >= 15 is 0 Å². The molecule has 0 spiro atoms. The summed E-state index contributed by atoms with van der Waals surface area (Å²) in [6, 6.07) is 2.17. The van der Waals surface area contributed by atoms with Crippen LogP contribution in [0.2, 0.25) is 0 Å². The first-order valence-electron chi connectivity index (χ1n) is 5.74. The smallest absolute Gasteiger partial charge is 0.264 e. The molecule has 1 aromatic heterocycles. The highest BCUT2D eigenvalue weighted by molar-refractivity contribution is 7.12. The Hall–Kier alpha value is -0.870. The van der Waals surface area contributed by atoms with Gasteiger partial charge in [-0.2, -0.15) is 0 Å². The van der Waals surface area contributed by atoms with Crippen LogP contribution in [0.4, 0.5) is 0 Å². The number of likely N-dealkylation sites (tertiary alicyclic amines) is 1. The molecule has 2 rings (SSSR count). The second kappa shape index (κ2) is 4.55. The quantitative estimate of drug-likeness (QED) is 0.853. The van der Waals surface area contributed by atoms with E-state index in [1.807, 2.05) is 16.3 Å². The van der Waals surface area contributed by atoms with E-state index in [1.165, 1.54) is 11.3 Å². The summed E-state index contributed by atoms with van der Waals surface area (Å²) >= 11 is 1.54. The van der Waals surface area contributed by atoms with Crippen LogP contribution in [-0.4, -0.2) is 29.9 Å². The van der Waals surface area contributed by atoms with Gasteiger partial charge < -0.3 is 10.6 Å². The molecule has 2 atom stereocenters. The average molecular weight is 238 g/mol. The summed E-state index contributed by atoms with van der Waals surface area (Å²) in [5.74, 6) is 0.570. The van der Waals surface area contributed by atoms with Crippen LogP contribution in [0.1, 0.15) is 29.1 Å². The number of carbonyl (C=O) groups is 1. The second-order valence-corrected chi connectivity index (χ2v) is 5.40. The molecule has 0 radical (unpaired) electrons. The van der Waals surface area contributed by atoms with Gasteiger partial charge in [-0.1, -0.05) is 13.8 Å². The van der Waals surface area contributed by atoms with Crippen molar-refractivity contribution in [2.45, 2.75) is 26.3 Å². The minimum Gasteiger partial charge on any atom is -0.336 e. The van der Waals surface area contributed by atoms with E-state index in [0.29, 0.717) is 12.5 Å². The molecule has 0 aromatic carbocycles. The zero-order valence-electron chi connectivity index (χ0n) is 9.77. The van der Waals surface area contributed by atoms with Gasteiger partial charge in [0.15, 0.2) is 0 Å². The molecular weight excluding hydrogens is 220 g/mol. The van der Waals surface area contributed by atoms with Crippen molar-refractivity contribution >= 4 is 17.2 Å². The topological polar surface area (TPSA) is 46.3 Å². The summed E-state index contributed by atoms with van der Waals surface area (Å²) in [5, 5.41) is 1.99. The van der Waals surface area contributed by atoms with Gasteiger partial charge in [-0.15, -0.1) is 11.3 Å². The third kappa shape index (κ3) is 1.99. The summed E-state index contributed by atoms with van der Waals surface area (Å²) < 4.78 is 0. The fraction of sp³-hybridized carbons (Fsp3) is 0.583. The molecule has 0 bridgehead atoms. The summed E-state index contributed by atoms with van der Waals surface area (Å²) in [4.78, 5) is 15.0. The van der Waals surface area contributed by atoms with E-state index < -0.39 is 0 Å². The van der Waals surface area contributed by atoms with Gasteiger partial charge in [0.05, 0.1) is 4.88 Å². The summed E-state index contributed by atoms with van der Waals surface area (Å²) in [5.41, 5.74) is 7.10. The first kappa shape index (κ1) is 11.6. The Morgan fingerprint density at radius 2 is 2.38 bits per heavy atom. The third-order valence-electron chi connectivity index (χ3n) is 3.28. The Morgan fingerprint density at radius 3 is 2.94 bits per heavy atom. The number of hydrogen-bond acceptors (Lipinski definition) is 3. The first-order chi connectivity index (χ1) is 7.63. The average Bonchev–Trinajstić information content (AvgIpc) is 2.85. The Kier molecular flexibility index (Phi) is 3.30. The van der Waals surface area contributed by atoms with Crippen LogP contribution in [0.15, 0.2) is 11.4 Å². The highest BCUT2D eigenvalue weighted by atomic mass is 32.1. The first-order valence-corrected chi connectivity index (χ1v) is 6.62. The van der Waals surface area contributed by atoms with Crippen LogP contribution in [-0.2, 0) is 6.42 Å². The van der Waals surface area contributed by atoms with Gasteiger partial charge in [-0.25, -0.2) is 0 Å². The van der Waals surface area contributed by atoms with Gasteiger partial charge in [-0.3, -0.25) is 4.79 Å². The van der Waals surface area contributed by atoms with Crippen LogP contribution >= 0.6 is 11.3 Å². The molecule has 1 aliphatic rings. The lowest BCUT2D eigenvalue weighted by atomic mass is 10.1. The van der Waals surface area contributed by atoms with E-state index in [-0.39, 0.29) is 11.9 Å². The fourth-order valence-corrected chi connectivity index (χ4v) is 3.07. The number of thiophene rings is 1. The van der Waals surface area contributed by atoms with Crippen LogP contribution in [0.5, 0.6) is 0 Å². The van der Waals surface area contributed by atoms with E-state index in [1.54, 1.807) is 0 Å². The lowest BCUT2D eigenvalue weighted by molar-refractivity contribution is 0.0790. The predicted molar refractivity (Wildman–Crippen MR) is 66.7 cm³/mol. The van der Waals surface area contributed by atoms with Crippen molar-refractivity contribution in [3.05, 3.63) is 21.9 Å². The van der Waals surface area contributed by atoms with Gasteiger partial charge in [0.25, 0.3) is 5.91 Å². The van der Waals surface area contributed by atoms with E-state index in [2.05, 4.69) is 13.8 Å². The van der Waals surface area contributed by atoms with Crippen molar-refractivity contribution in [1.29, 1.82) is 0 Å². The Balaban J connectivity index is 2.14. The van der Waals surface area contributed by atoms with E-state index in [0.717, 1.165) is 23.4 Å². The third-order valence-corrected chi connectivity index (χ3v) is 4.22. The number of nitrogens with two attached hydrogens (primary N) is 1. The summed E-state index contributed by atoms with van der Waals surface area (Å²) in [7, 11) is 0. The molecule has 88 valence electrons. The molecule has 16 heavy (non-hydrogen) atoms. The number of rotatable bonds is 2. The zero-order chi connectivity index (χ0) is 11.7. The predicted octanol–water partition coefficient (Wildman–Crippen LogP) is 1.73. The molecule has 2 unspecified atom stereocenters. The number of hydrogen-bond donors (Lipinski definition) is 1. The molecule has 1 aromatic rings. The fourth-order valence-electron chi connectivity index (χ4n) is 2.10. The summed E-state index contributed by atoms with van der Waals surface area (Å²) in [6.07, 6.45) is 0.917. The second-order valence-electron chi connectivity index (χ2n) is 4.48. The number of amides is 1. The normalized spacial score (nSPS) is 25.1. The van der Waals surface area contributed by atoms with Crippen molar-refractivity contribution in [2.75, 3.05) is 13.1 Å². The molecular formula is C12H18N2OS. The highest BCUT2D eigenvalue weighted by Gasteiger charge is 2.31. The van der Waals surface area contributed by atoms with Gasteiger partial charge in [0.2, 0.25) is 0 Å². The maximum atomic E-state index is 12.3. The molecule has 2 N–H and O–H groups in total. The largest absolute Gasteiger partial charge is 0.336 e. The molecule has 1 aliphatic heterocycles. The molecule has 4 heteroatoms. The molecule has 1 saturated heterocycles. The number of carbonyl (C=O) groups excluding carboxylic acids is 1. The molecule has 0 aliphatic carbocycles. The summed E-state index contributed by atoms with van der Waals surface area (Å²) in [6.45, 7) is 5.67. The van der Waals surface area contributed by atoms with Crippen LogP contribution in [0, 0.1) is 5.92 Å². The maximum absolute atomic E-state index is 12.3. The van der Waals surface area contributed by atoms with Gasteiger partial charge in [-0.05, 0) is 29.3 Å². The Morgan fingerprint density at radius 1 is 1.62 bits per heavy atom. The standard InChI is InChI=1S/C12H18N2OS/c1-3-9-4-5-16-11(9)12(15)14-6-8(2)10(13)7-14/h4-5,8,10H,3,6-7,13H2,1-2H3. The van der Waals surface area contributed by atoms with Crippen molar-refractivity contribution in [3.63, 3.8) is 0 Å². The molecule has 1 amide bonds. The molecule has 1 fully saturated rings. The van der Waals surface area contributed by atoms with Crippen LogP contribution in [0.25, 0.3) is 0 Å². The highest BCUT2D eigenvalue weighted by Crippen LogP contribution is 2.23. The van der Waals surface area contributed by atoms with E-state index in [9.17, 15) is 4.79 Å². The zero-order valence-corrected chi connectivity index (χ0v) is 10.6. The van der Waals surface area contributed by atoms with Gasteiger partial charge in [0, 0.05) is 19.1 Å². The van der Waals surface area contributed by atoms with Gasteiger partial charge in [0.1, 0.15) is 0 Å². The Bertz CT molecular complexity index is 378. The number of aryl methyl sites for hydroxylation is 1. The minimum absolute atomic E-state index is 0.133. The lowest BCUT2D eigenvalue weighted by Crippen LogP contribution is -2.32. The van der Waals surface area contributed by atoms with Crippen molar-refractivity contribution in [3.8, 4) is 0 Å².